The van der Waals surface area contributed by atoms with Crippen molar-refractivity contribution in [3.05, 3.63) is 28.2 Å². The number of rotatable bonds is 3. The lowest BCUT2D eigenvalue weighted by atomic mass is 9.86. The lowest BCUT2D eigenvalue weighted by molar-refractivity contribution is -0.142. The number of hydrogen-bond donors (Lipinski definition) is 2. The summed E-state index contributed by atoms with van der Waals surface area (Å²) in [5.41, 5.74) is 2.33. The summed E-state index contributed by atoms with van der Waals surface area (Å²) in [6.07, 6.45) is 3.43. The molecule has 2 N–H and O–H groups in total. The van der Waals surface area contributed by atoms with E-state index in [1.807, 2.05) is 6.07 Å². The van der Waals surface area contributed by atoms with Gasteiger partial charge >= 0.3 is 5.97 Å². The molecule has 3 nitrogen and oxygen atoms in total. The molecule has 18 heavy (non-hydrogen) atoms. The molecule has 0 saturated heterocycles. The summed E-state index contributed by atoms with van der Waals surface area (Å²) in [5, 5.41) is 12.5. The van der Waals surface area contributed by atoms with Crippen LogP contribution in [0.3, 0.4) is 0 Å². The molecule has 0 spiro atoms. The van der Waals surface area contributed by atoms with Crippen LogP contribution in [0.15, 0.2) is 22.7 Å². The van der Waals surface area contributed by atoms with Crippen molar-refractivity contribution in [1.82, 2.24) is 0 Å². The van der Waals surface area contributed by atoms with Gasteiger partial charge in [0.15, 0.2) is 0 Å². The molecule has 1 aliphatic rings. The van der Waals surface area contributed by atoms with Crippen LogP contribution in [0.25, 0.3) is 0 Å². The van der Waals surface area contributed by atoms with Gasteiger partial charge in [-0.1, -0.05) is 15.9 Å². The largest absolute Gasteiger partial charge is 0.481 e. The van der Waals surface area contributed by atoms with E-state index in [0.717, 1.165) is 35.8 Å². The first kappa shape index (κ1) is 13.4. The summed E-state index contributed by atoms with van der Waals surface area (Å²) in [5.74, 6) is -0.789. The Balaban J connectivity index is 1.91. The van der Waals surface area contributed by atoms with Crippen LogP contribution in [0, 0.1) is 12.8 Å². The van der Waals surface area contributed by atoms with Gasteiger partial charge in [0.25, 0.3) is 0 Å². The third-order valence-corrected chi connectivity index (χ3v) is 4.49. The number of aliphatic carboxylic acids is 1. The first-order valence-corrected chi connectivity index (χ1v) is 7.11. The lowest BCUT2D eigenvalue weighted by Crippen LogP contribution is -2.29. The third kappa shape index (κ3) is 3.25. The Labute approximate surface area is 116 Å². The Morgan fingerprint density at radius 2 is 2.00 bits per heavy atom. The van der Waals surface area contributed by atoms with Gasteiger partial charge in [-0.3, -0.25) is 4.79 Å². The highest BCUT2D eigenvalue weighted by molar-refractivity contribution is 9.10. The lowest BCUT2D eigenvalue weighted by Gasteiger charge is -2.27. The quantitative estimate of drug-likeness (QED) is 0.892. The van der Waals surface area contributed by atoms with Gasteiger partial charge < -0.3 is 10.4 Å². The predicted molar refractivity (Wildman–Crippen MR) is 75.9 cm³/mol. The van der Waals surface area contributed by atoms with Crippen LogP contribution in [0.5, 0.6) is 0 Å². The van der Waals surface area contributed by atoms with Gasteiger partial charge in [0.1, 0.15) is 0 Å². The first-order chi connectivity index (χ1) is 8.56. The van der Waals surface area contributed by atoms with E-state index in [1.165, 1.54) is 5.56 Å². The monoisotopic (exact) mass is 311 g/mol. The van der Waals surface area contributed by atoms with E-state index in [2.05, 4.69) is 40.3 Å². The SMILES string of the molecule is Cc1cc(NC2CCC(C(=O)O)CC2)ccc1Br. The molecule has 1 aromatic carbocycles. The summed E-state index contributed by atoms with van der Waals surface area (Å²) in [6.45, 7) is 2.07. The molecule has 0 atom stereocenters. The highest BCUT2D eigenvalue weighted by atomic mass is 79.9. The minimum absolute atomic E-state index is 0.144. The minimum Gasteiger partial charge on any atom is -0.481 e. The molecule has 0 aliphatic heterocycles. The van der Waals surface area contributed by atoms with Crippen molar-refractivity contribution in [3.63, 3.8) is 0 Å². The zero-order valence-corrected chi connectivity index (χ0v) is 12.0. The second-order valence-corrected chi connectivity index (χ2v) is 5.85. The topological polar surface area (TPSA) is 49.3 Å². The molecule has 0 amide bonds. The van der Waals surface area contributed by atoms with Gasteiger partial charge in [-0.25, -0.2) is 0 Å². The van der Waals surface area contributed by atoms with Crippen LogP contribution >= 0.6 is 15.9 Å². The maximum Gasteiger partial charge on any atom is 0.306 e. The van der Waals surface area contributed by atoms with Gasteiger partial charge in [0.2, 0.25) is 0 Å². The van der Waals surface area contributed by atoms with E-state index < -0.39 is 5.97 Å². The minimum atomic E-state index is -0.645. The Kier molecular flexibility index (Phi) is 4.27. The van der Waals surface area contributed by atoms with Crippen LogP contribution < -0.4 is 5.32 Å². The molecule has 1 fully saturated rings. The van der Waals surface area contributed by atoms with Crippen LogP contribution in [-0.4, -0.2) is 17.1 Å². The van der Waals surface area contributed by atoms with Gasteiger partial charge in [0.05, 0.1) is 5.92 Å². The molecule has 0 unspecified atom stereocenters. The van der Waals surface area contributed by atoms with Crippen LogP contribution in [0.1, 0.15) is 31.2 Å². The summed E-state index contributed by atoms with van der Waals surface area (Å²) in [7, 11) is 0. The van der Waals surface area contributed by atoms with Gasteiger partial charge in [0, 0.05) is 16.2 Å². The highest BCUT2D eigenvalue weighted by Crippen LogP contribution is 2.28. The third-order valence-electron chi connectivity index (χ3n) is 3.61. The summed E-state index contributed by atoms with van der Waals surface area (Å²) < 4.78 is 1.11. The zero-order valence-electron chi connectivity index (χ0n) is 10.4. The van der Waals surface area contributed by atoms with Crippen molar-refractivity contribution >= 4 is 27.6 Å². The fourth-order valence-electron chi connectivity index (χ4n) is 2.45. The number of hydrogen-bond acceptors (Lipinski definition) is 2. The van der Waals surface area contributed by atoms with Gasteiger partial charge in [-0.05, 0) is 56.4 Å². The van der Waals surface area contributed by atoms with Crippen molar-refractivity contribution in [2.75, 3.05) is 5.32 Å². The highest BCUT2D eigenvalue weighted by Gasteiger charge is 2.25. The first-order valence-electron chi connectivity index (χ1n) is 6.32. The van der Waals surface area contributed by atoms with E-state index >= 15 is 0 Å². The smallest absolute Gasteiger partial charge is 0.306 e. The van der Waals surface area contributed by atoms with E-state index in [4.69, 9.17) is 5.11 Å². The maximum atomic E-state index is 10.9. The fraction of sp³-hybridized carbons (Fsp3) is 0.500. The van der Waals surface area contributed by atoms with E-state index in [1.54, 1.807) is 0 Å². The zero-order chi connectivity index (χ0) is 13.1. The average Bonchev–Trinajstić information content (AvgIpc) is 2.34. The van der Waals surface area contributed by atoms with Crippen molar-refractivity contribution in [2.24, 2.45) is 5.92 Å². The van der Waals surface area contributed by atoms with E-state index in [0.29, 0.717) is 6.04 Å². The van der Waals surface area contributed by atoms with Crippen molar-refractivity contribution in [2.45, 2.75) is 38.6 Å². The van der Waals surface area contributed by atoms with E-state index in [-0.39, 0.29) is 5.92 Å². The molecular weight excluding hydrogens is 294 g/mol. The number of halogens is 1. The van der Waals surface area contributed by atoms with Crippen LogP contribution in [0.2, 0.25) is 0 Å². The summed E-state index contributed by atoms with van der Waals surface area (Å²) >= 11 is 3.49. The van der Waals surface area contributed by atoms with Crippen molar-refractivity contribution < 1.29 is 9.90 Å². The molecule has 98 valence electrons. The maximum absolute atomic E-state index is 10.9. The number of anilines is 1. The average molecular weight is 312 g/mol. The molecule has 0 heterocycles. The molecule has 0 radical (unpaired) electrons. The second kappa shape index (κ2) is 5.74. The number of aryl methyl sites for hydroxylation is 1. The number of carboxylic acids is 1. The van der Waals surface area contributed by atoms with E-state index in [9.17, 15) is 4.79 Å². The molecule has 2 rings (SSSR count). The molecule has 0 aromatic heterocycles. The standard InChI is InChI=1S/C14H18BrNO2/c1-9-8-12(6-7-13(9)15)16-11-4-2-10(3-5-11)14(17)18/h6-8,10-11,16H,2-5H2,1H3,(H,17,18). The van der Waals surface area contributed by atoms with Crippen molar-refractivity contribution in [1.29, 1.82) is 0 Å². The predicted octanol–water partition coefficient (Wildman–Crippen LogP) is 3.81. The Morgan fingerprint density at radius 3 is 2.56 bits per heavy atom. The van der Waals surface area contributed by atoms with Crippen molar-refractivity contribution in [3.8, 4) is 0 Å². The summed E-state index contributed by atoms with van der Waals surface area (Å²) in [4.78, 5) is 10.9. The Hall–Kier alpha value is -1.03. The fourth-order valence-corrected chi connectivity index (χ4v) is 2.70. The Bertz CT molecular complexity index is 439. The number of benzene rings is 1. The molecular formula is C14H18BrNO2. The van der Waals surface area contributed by atoms with Gasteiger partial charge in [-0.2, -0.15) is 0 Å². The van der Waals surface area contributed by atoms with Gasteiger partial charge in [-0.15, -0.1) is 0 Å². The summed E-state index contributed by atoms with van der Waals surface area (Å²) in [6, 6.07) is 6.62. The number of carboxylic acid groups (broad SMARTS) is 1. The number of carbonyl (C=O) groups is 1. The molecule has 1 aromatic rings. The molecule has 4 heteroatoms. The normalized spacial score (nSPS) is 23.7. The molecule has 0 bridgehead atoms. The Morgan fingerprint density at radius 1 is 1.33 bits per heavy atom. The van der Waals surface area contributed by atoms with Crippen LogP contribution in [0.4, 0.5) is 5.69 Å². The molecule has 1 saturated carbocycles. The van der Waals surface area contributed by atoms with Crippen LogP contribution in [-0.2, 0) is 4.79 Å². The second-order valence-electron chi connectivity index (χ2n) is 5.00. The molecule has 1 aliphatic carbocycles. The number of nitrogens with one attached hydrogen (secondary N) is 1.